The fraction of sp³-hybridized carbons (Fsp3) is 0.667. The van der Waals surface area contributed by atoms with E-state index in [4.69, 9.17) is 0 Å². The maximum atomic E-state index is 12.8. The van der Waals surface area contributed by atoms with Crippen LogP contribution < -0.4 is 5.32 Å². The first-order chi connectivity index (χ1) is 15.1. The lowest BCUT2D eigenvalue weighted by Gasteiger charge is -2.48. The molecule has 1 aromatic carbocycles. The number of rotatable bonds is 5. The molecule has 0 bridgehead atoms. The fourth-order valence-corrected chi connectivity index (χ4v) is 7.37. The topological polar surface area (TPSA) is 86.8 Å². The normalized spacial score (nSPS) is 27.7. The van der Waals surface area contributed by atoms with Gasteiger partial charge >= 0.3 is 0 Å². The molecule has 1 aromatic rings. The van der Waals surface area contributed by atoms with Crippen molar-refractivity contribution in [2.24, 2.45) is 5.41 Å². The van der Waals surface area contributed by atoms with Crippen molar-refractivity contribution in [2.45, 2.75) is 56.5 Å². The Labute approximate surface area is 191 Å². The molecule has 0 radical (unpaired) electrons. The number of benzene rings is 1. The summed E-state index contributed by atoms with van der Waals surface area (Å²) in [5, 5.41) is 2.94. The number of nitrogens with one attached hydrogen (secondary N) is 1. The summed E-state index contributed by atoms with van der Waals surface area (Å²) in [5.74, 6) is 0.128. The molecule has 0 unspecified atom stereocenters. The Morgan fingerprint density at radius 1 is 1.09 bits per heavy atom. The van der Waals surface area contributed by atoms with E-state index in [1.165, 1.54) is 5.56 Å². The molecular weight excluding hydrogens is 426 g/mol. The zero-order valence-electron chi connectivity index (χ0n) is 19.2. The summed E-state index contributed by atoms with van der Waals surface area (Å²) >= 11 is 0. The van der Waals surface area contributed by atoms with Crippen molar-refractivity contribution < 1.29 is 18.0 Å². The molecule has 1 N–H and O–H groups in total. The number of nitrogens with zero attached hydrogens (tertiary/aromatic N) is 2. The summed E-state index contributed by atoms with van der Waals surface area (Å²) in [6, 6.07) is 10.5. The van der Waals surface area contributed by atoms with Gasteiger partial charge in [-0.05, 0) is 63.6 Å². The standard InChI is InChI=1S/C24H35N3O4S/c1-26(2)24(19-6-4-3-5-7-19)12-10-23(11-13-24)16-22(29)27(18-23)17-21(28)25-20-8-14-32(30,31)15-9-20/h3-7,20H,8-18H2,1-2H3,(H,25,28)/t23-,24-. The van der Waals surface area contributed by atoms with E-state index in [0.717, 1.165) is 25.7 Å². The zero-order valence-corrected chi connectivity index (χ0v) is 20.0. The SMILES string of the molecule is CN(C)[C@]1(c2ccccc2)CC[C@@]2(CC1)CC(=O)N(CC(=O)NC1CCS(=O)(=O)CC1)C2. The number of carbonyl (C=O) groups excluding carboxylic acids is 2. The predicted molar refractivity (Wildman–Crippen MR) is 124 cm³/mol. The molecule has 0 aromatic heterocycles. The zero-order chi connectivity index (χ0) is 23.0. The molecule has 4 rings (SSSR count). The van der Waals surface area contributed by atoms with Crippen molar-refractivity contribution in [3.63, 3.8) is 0 Å². The van der Waals surface area contributed by atoms with Crippen LogP contribution in [0.5, 0.6) is 0 Å². The largest absolute Gasteiger partial charge is 0.352 e. The van der Waals surface area contributed by atoms with E-state index in [1.807, 2.05) is 6.07 Å². The second-order valence-electron chi connectivity index (χ2n) is 10.2. The number of hydrogen-bond donors (Lipinski definition) is 1. The molecule has 32 heavy (non-hydrogen) atoms. The Morgan fingerprint density at radius 3 is 2.31 bits per heavy atom. The summed E-state index contributed by atoms with van der Waals surface area (Å²) < 4.78 is 23.2. The van der Waals surface area contributed by atoms with Gasteiger partial charge in [-0.3, -0.25) is 14.5 Å². The van der Waals surface area contributed by atoms with Crippen LogP contribution in [0.1, 0.15) is 50.5 Å². The van der Waals surface area contributed by atoms with Crippen molar-refractivity contribution in [2.75, 3.05) is 38.7 Å². The van der Waals surface area contributed by atoms with Gasteiger partial charge < -0.3 is 10.2 Å². The molecule has 2 saturated heterocycles. The molecule has 3 aliphatic rings. The Hall–Kier alpha value is -1.93. The maximum Gasteiger partial charge on any atom is 0.239 e. The fourth-order valence-electron chi connectivity index (χ4n) is 5.88. The van der Waals surface area contributed by atoms with E-state index in [9.17, 15) is 18.0 Å². The Balaban J connectivity index is 1.35. The van der Waals surface area contributed by atoms with E-state index < -0.39 is 9.84 Å². The van der Waals surface area contributed by atoms with E-state index in [0.29, 0.717) is 25.8 Å². The Morgan fingerprint density at radius 2 is 1.72 bits per heavy atom. The van der Waals surface area contributed by atoms with Crippen molar-refractivity contribution >= 4 is 21.7 Å². The molecule has 7 nitrogen and oxygen atoms in total. The number of sulfone groups is 1. The predicted octanol–water partition coefficient (Wildman–Crippen LogP) is 1.93. The van der Waals surface area contributed by atoms with Crippen LogP contribution in [-0.2, 0) is 25.0 Å². The third-order valence-corrected chi connectivity index (χ3v) is 9.68. The molecule has 176 valence electrons. The van der Waals surface area contributed by atoms with Crippen molar-refractivity contribution in [3.05, 3.63) is 35.9 Å². The van der Waals surface area contributed by atoms with Crippen LogP contribution in [0.4, 0.5) is 0 Å². The average molecular weight is 462 g/mol. The Kier molecular flexibility index (Phi) is 6.38. The molecule has 3 fully saturated rings. The van der Waals surface area contributed by atoms with Gasteiger partial charge in [0, 0.05) is 24.5 Å². The molecule has 1 spiro atoms. The van der Waals surface area contributed by atoms with Crippen LogP contribution in [0.15, 0.2) is 30.3 Å². The van der Waals surface area contributed by atoms with Gasteiger partial charge in [-0.25, -0.2) is 8.42 Å². The van der Waals surface area contributed by atoms with Crippen molar-refractivity contribution in [3.8, 4) is 0 Å². The molecule has 1 saturated carbocycles. The van der Waals surface area contributed by atoms with Gasteiger partial charge in [0.05, 0.1) is 18.1 Å². The smallest absolute Gasteiger partial charge is 0.239 e. The first-order valence-corrected chi connectivity index (χ1v) is 13.5. The van der Waals surface area contributed by atoms with Crippen molar-refractivity contribution in [1.29, 1.82) is 0 Å². The van der Waals surface area contributed by atoms with E-state index in [2.05, 4.69) is 48.6 Å². The van der Waals surface area contributed by atoms with Crippen LogP contribution in [0.3, 0.4) is 0 Å². The lowest BCUT2D eigenvalue weighted by Crippen LogP contribution is -2.48. The van der Waals surface area contributed by atoms with E-state index >= 15 is 0 Å². The summed E-state index contributed by atoms with van der Waals surface area (Å²) in [5.41, 5.74) is 1.27. The molecule has 0 atom stereocenters. The van der Waals surface area contributed by atoms with E-state index in [-0.39, 0.29) is 46.9 Å². The van der Waals surface area contributed by atoms with Gasteiger partial charge in [0.15, 0.2) is 0 Å². The van der Waals surface area contributed by atoms with Crippen LogP contribution in [0.2, 0.25) is 0 Å². The second kappa shape index (κ2) is 8.78. The average Bonchev–Trinajstić information content (AvgIpc) is 3.05. The minimum Gasteiger partial charge on any atom is -0.352 e. The summed E-state index contributed by atoms with van der Waals surface area (Å²) in [6.07, 6.45) is 5.34. The van der Waals surface area contributed by atoms with Gasteiger partial charge in [-0.15, -0.1) is 0 Å². The van der Waals surface area contributed by atoms with Gasteiger partial charge in [-0.2, -0.15) is 0 Å². The highest BCUT2D eigenvalue weighted by Gasteiger charge is 2.50. The molecule has 2 heterocycles. The highest BCUT2D eigenvalue weighted by molar-refractivity contribution is 7.91. The van der Waals surface area contributed by atoms with Crippen LogP contribution >= 0.6 is 0 Å². The van der Waals surface area contributed by atoms with Gasteiger partial charge in [-0.1, -0.05) is 30.3 Å². The van der Waals surface area contributed by atoms with Crippen molar-refractivity contribution in [1.82, 2.24) is 15.1 Å². The maximum absolute atomic E-state index is 12.8. The number of hydrogen-bond acceptors (Lipinski definition) is 5. The lowest BCUT2D eigenvalue weighted by atomic mass is 9.64. The quantitative estimate of drug-likeness (QED) is 0.724. The minimum absolute atomic E-state index is 0.0122. The van der Waals surface area contributed by atoms with Crippen LogP contribution in [0, 0.1) is 5.41 Å². The molecule has 8 heteroatoms. The molecule has 2 amide bonds. The first kappa shape index (κ1) is 23.2. The third-order valence-electron chi connectivity index (χ3n) is 7.96. The first-order valence-electron chi connectivity index (χ1n) is 11.6. The summed E-state index contributed by atoms with van der Waals surface area (Å²) in [4.78, 5) is 29.4. The number of carbonyl (C=O) groups is 2. The molecular formula is C24H35N3O4S. The van der Waals surface area contributed by atoms with Gasteiger partial charge in [0.2, 0.25) is 11.8 Å². The van der Waals surface area contributed by atoms with Crippen LogP contribution in [-0.4, -0.2) is 74.8 Å². The highest BCUT2D eigenvalue weighted by Crippen LogP contribution is 2.52. The Bertz CT molecular complexity index is 939. The number of likely N-dealkylation sites (tertiary alicyclic amines) is 1. The number of amides is 2. The monoisotopic (exact) mass is 461 g/mol. The molecule has 2 aliphatic heterocycles. The summed E-state index contributed by atoms with van der Waals surface area (Å²) in [6.45, 7) is 0.706. The lowest BCUT2D eigenvalue weighted by molar-refractivity contribution is -0.133. The molecule has 1 aliphatic carbocycles. The van der Waals surface area contributed by atoms with Gasteiger partial charge in [0.25, 0.3) is 0 Å². The highest BCUT2D eigenvalue weighted by atomic mass is 32.2. The van der Waals surface area contributed by atoms with Gasteiger partial charge in [0.1, 0.15) is 9.84 Å². The summed E-state index contributed by atoms with van der Waals surface area (Å²) in [7, 11) is 1.32. The minimum atomic E-state index is -2.96. The van der Waals surface area contributed by atoms with E-state index in [1.54, 1.807) is 4.90 Å². The third kappa shape index (κ3) is 4.71. The van der Waals surface area contributed by atoms with Crippen LogP contribution in [0.25, 0.3) is 0 Å². The second-order valence-corrected chi connectivity index (χ2v) is 12.5.